The summed E-state index contributed by atoms with van der Waals surface area (Å²) in [4.78, 5) is 17.4. The molecule has 0 aromatic carbocycles. The van der Waals surface area contributed by atoms with Crippen molar-refractivity contribution in [1.82, 2.24) is 9.88 Å². The number of amides is 1. The van der Waals surface area contributed by atoms with Gasteiger partial charge in [0.15, 0.2) is 0 Å². The van der Waals surface area contributed by atoms with Gasteiger partial charge in [0.2, 0.25) is 0 Å². The van der Waals surface area contributed by atoms with Crippen LogP contribution in [-0.2, 0) is 4.74 Å². The smallest absolute Gasteiger partial charge is 0.273 e. The summed E-state index contributed by atoms with van der Waals surface area (Å²) in [5.41, 5.74) is 0.165. The summed E-state index contributed by atoms with van der Waals surface area (Å²) < 4.78 is 5.17. The van der Waals surface area contributed by atoms with Crippen LogP contribution >= 0.6 is 23.2 Å². The largest absolute Gasteiger partial charge is 0.380 e. The number of hydrogen-bond acceptors (Lipinski definition) is 3. The van der Waals surface area contributed by atoms with Gasteiger partial charge in [-0.15, -0.1) is 0 Å². The van der Waals surface area contributed by atoms with E-state index in [1.54, 1.807) is 19.2 Å². The number of hydrogen-bond donors (Lipinski definition) is 0. The lowest BCUT2D eigenvalue weighted by atomic mass is 10.3. The molecule has 0 spiro atoms. The fraction of sp³-hybridized carbons (Fsp3) is 0.455. The van der Waals surface area contributed by atoms with Gasteiger partial charge < -0.3 is 9.64 Å². The van der Waals surface area contributed by atoms with Gasteiger partial charge in [-0.2, -0.15) is 0 Å². The van der Waals surface area contributed by atoms with Gasteiger partial charge >= 0.3 is 0 Å². The van der Waals surface area contributed by atoms with Crippen molar-refractivity contribution in [2.75, 3.05) is 26.8 Å². The maximum Gasteiger partial charge on any atom is 0.273 e. The molecule has 1 heterocycles. The summed E-state index contributed by atoms with van der Waals surface area (Å²) in [5, 5.41) is 0.540. The predicted molar refractivity (Wildman–Crippen MR) is 67.7 cm³/mol. The summed E-state index contributed by atoms with van der Waals surface area (Å²) in [7, 11) is 1.67. The molecule has 0 N–H and O–H groups in total. The van der Waals surface area contributed by atoms with Crippen LogP contribution in [0, 0.1) is 0 Å². The molecule has 0 saturated heterocycles. The summed E-state index contributed by atoms with van der Waals surface area (Å²) in [5.74, 6) is -0.266. The van der Waals surface area contributed by atoms with Crippen molar-refractivity contribution in [2.45, 2.75) is 6.92 Å². The first-order chi connectivity index (χ1) is 8.06. The van der Waals surface area contributed by atoms with Crippen LogP contribution in [0.1, 0.15) is 17.4 Å². The Morgan fingerprint density at radius 2 is 2.18 bits per heavy atom. The van der Waals surface area contributed by atoms with Gasteiger partial charge in [-0.3, -0.25) is 4.79 Å². The highest BCUT2D eigenvalue weighted by atomic mass is 35.5. The van der Waals surface area contributed by atoms with E-state index in [-0.39, 0.29) is 16.8 Å². The van der Waals surface area contributed by atoms with E-state index < -0.39 is 0 Å². The zero-order valence-electron chi connectivity index (χ0n) is 9.74. The second-order valence-electron chi connectivity index (χ2n) is 3.39. The van der Waals surface area contributed by atoms with Crippen LogP contribution in [0.15, 0.2) is 12.1 Å². The molecule has 1 amide bonds. The molecule has 0 fully saturated rings. The number of likely N-dealkylation sites (N-methyl/N-ethyl adjacent to an activating group) is 1. The predicted octanol–water partition coefficient (Wildman–Crippen LogP) is 2.50. The van der Waals surface area contributed by atoms with Crippen molar-refractivity contribution in [2.24, 2.45) is 0 Å². The first kappa shape index (κ1) is 14.2. The Balaban J connectivity index is 2.71. The van der Waals surface area contributed by atoms with Crippen LogP contribution in [0.25, 0.3) is 0 Å². The number of halogens is 2. The molecule has 6 heteroatoms. The van der Waals surface area contributed by atoms with E-state index in [9.17, 15) is 4.79 Å². The van der Waals surface area contributed by atoms with E-state index in [0.717, 1.165) is 0 Å². The van der Waals surface area contributed by atoms with Crippen molar-refractivity contribution < 1.29 is 9.53 Å². The summed E-state index contributed by atoms with van der Waals surface area (Å²) in [6.07, 6.45) is 0. The van der Waals surface area contributed by atoms with Crippen molar-refractivity contribution in [3.05, 3.63) is 28.0 Å². The van der Waals surface area contributed by atoms with Gasteiger partial charge in [0.05, 0.1) is 11.6 Å². The fourth-order valence-corrected chi connectivity index (χ4v) is 1.53. The minimum atomic E-state index is -0.266. The van der Waals surface area contributed by atoms with Crippen LogP contribution < -0.4 is 0 Å². The summed E-state index contributed by atoms with van der Waals surface area (Å²) in [6.45, 7) is 3.49. The Labute approximate surface area is 110 Å². The Kier molecular flexibility index (Phi) is 5.68. The van der Waals surface area contributed by atoms with Crippen molar-refractivity contribution >= 4 is 29.1 Å². The number of nitrogens with zero attached hydrogens (tertiary/aromatic N) is 2. The number of ether oxygens (including phenoxy) is 1. The minimum Gasteiger partial charge on any atom is -0.380 e. The highest BCUT2D eigenvalue weighted by Gasteiger charge is 2.17. The molecule has 17 heavy (non-hydrogen) atoms. The van der Waals surface area contributed by atoms with E-state index in [1.165, 1.54) is 4.90 Å². The molecule has 1 aromatic rings. The third-order valence-corrected chi connectivity index (χ3v) is 2.65. The topological polar surface area (TPSA) is 42.4 Å². The standard InChI is InChI=1S/C11H14Cl2N2O2/c1-3-17-7-6-15(2)11(16)10-8(12)4-5-9(13)14-10/h4-5H,3,6-7H2,1-2H3. The third-order valence-electron chi connectivity index (χ3n) is 2.14. The molecule has 0 aliphatic carbocycles. The fourth-order valence-electron chi connectivity index (χ4n) is 1.20. The first-order valence-electron chi connectivity index (χ1n) is 5.21. The normalized spacial score (nSPS) is 10.4. The van der Waals surface area contributed by atoms with Crippen LogP contribution in [-0.4, -0.2) is 42.6 Å². The number of pyridine rings is 1. The quantitative estimate of drug-likeness (QED) is 0.613. The first-order valence-corrected chi connectivity index (χ1v) is 5.97. The van der Waals surface area contributed by atoms with E-state index >= 15 is 0 Å². The second kappa shape index (κ2) is 6.79. The zero-order chi connectivity index (χ0) is 12.8. The molecule has 94 valence electrons. The lowest BCUT2D eigenvalue weighted by molar-refractivity contribution is 0.0705. The van der Waals surface area contributed by atoms with Crippen molar-refractivity contribution in [3.8, 4) is 0 Å². The average molecular weight is 277 g/mol. The molecule has 0 unspecified atom stereocenters. The van der Waals surface area contributed by atoms with E-state index in [4.69, 9.17) is 27.9 Å². The van der Waals surface area contributed by atoms with Crippen molar-refractivity contribution in [3.63, 3.8) is 0 Å². The molecule has 1 rings (SSSR count). The van der Waals surface area contributed by atoms with Crippen LogP contribution in [0.4, 0.5) is 0 Å². The molecule has 0 saturated carbocycles. The van der Waals surface area contributed by atoms with Crippen LogP contribution in [0.2, 0.25) is 10.2 Å². The van der Waals surface area contributed by atoms with Gasteiger partial charge in [0, 0.05) is 20.2 Å². The number of carbonyl (C=O) groups is 1. The third kappa shape index (κ3) is 4.15. The van der Waals surface area contributed by atoms with Gasteiger partial charge in [-0.05, 0) is 19.1 Å². The molecule has 0 atom stereocenters. The Morgan fingerprint density at radius 3 is 2.82 bits per heavy atom. The minimum absolute atomic E-state index is 0.165. The van der Waals surface area contributed by atoms with E-state index in [0.29, 0.717) is 24.8 Å². The van der Waals surface area contributed by atoms with Crippen LogP contribution in [0.5, 0.6) is 0 Å². The van der Waals surface area contributed by atoms with E-state index in [1.807, 2.05) is 6.92 Å². The van der Waals surface area contributed by atoms with Gasteiger partial charge in [0.25, 0.3) is 5.91 Å². The molecular formula is C11H14Cl2N2O2. The summed E-state index contributed by atoms with van der Waals surface area (Å²) >= 11 is 11.6. The van der Waals surface area contributed by atoms with Gasteiger partial charge in [-0.25, -0.2) is 4.98 Å². The highest BCUT2D eigenvalue weighted by Crippen LogP contribution is 2.18. The highest BCUT2D eigenvalue weighted by molar-refractivity contribution is 6.34. The zero-order valence-corrected chi connectivity index (χ0v) is 11.3. The SMILES string of the molecule is CCOCCN(C)C(=O)c1nc(Cl)ccc1Cl. The number of aromatic nitrogens is 1. The lowest BCUT2D eigenvalue weighted by Gasteiger charge is -2.17. The van der Waals surface area contributed by atoms with Crippen molar-refractivity contribution in [1.29, 1.82) is 0 Å². The maximum absolute atomic E-state index is 12.0. The van der Waals surface area contributed by atoms with Gasteiger partial charge in [-0.1, -0.05) is 23.2 Å². The molecule has 0 bridgehead atoms. The Morgan fingerprint density at radius 1 is 1.47 bits per heavy atom. The molecule has 1 aromatic heterocycles. The molecular weight excluding hydrogens is 263 g/mol. The summed E-state index contributed by atoms with van der Waals surface area (Å²) in [6, 6.07) is 3.10. The number of rotatable bonds is 5. The molecule has 4 nitrogen and oxygen atoms in total. The molecule has 0 radical (unpaired) electrons. The maximum atomic E-state index is 12.0. The van der Waals surface area contributed by atoms with Gasteiger partial charge in [0.1, 0.15) is 10.8 Å². The molecule has 0 aliphatic heterocycles. The van der Waals surface area contributed by atoms with E-state index in [2.05, 4.69) is 4.98 Å². The lowest BCUT2D eigenvalue weighted by Crippen LogP contribution is -2.31. The number of carbonyl (C=O) groups excluding carboxylic acids is 1. The van der Waals surface area contributed by atoms with Crippen LogP contribution in [0.3, 0.4) is 0 Å². The monoisotopic (exact) mass is 276 g/mol. The Hall–Kier alpha value is -0.840. The second-order valence-corrected chi connectivity index (χ2v) is 4.18. The molecule has 0 aliphatic rings. The Bertz CT molecular complexity index is 399. The average Bonchev–Trinajstić information content (AvgIpc) is 2.31.